The van der Waals surface area contributed by atoms with E-state index in [0.717, 1.165) is 5.56 Å². The van der Waals surface area contributed by atoms with Crippen LogP contribution in [0.25, 0.3) is 0 Å². The number of hydrogen-bond donors (Lipinski definition) is 1. The van der Waals surface area contributed by atoms with Gasteiger partial charge in [-0.25, -0.2) is 16.8 Å². The predicted molar refractivity (Wildman–Crippen MR) is 115 cm³/mol. The Morgan fingerprint density at radius 2 is 1.90 bits per heavy atom. The molecule has 1 N–H and O–H groups in total. The second kappa shape index (κ2) is 8.62. The third-order valence-corrected chi connectivity index (χ3v) is 7.95. The zero-order chi connectivity index (χ0) is 21.1. The van der Waals surface area contributed by atoms with Crippen molar-refractivity contribution in [2.75, 3.05) is 28.4 Å². The van der Waals surface area contributed by atoms with Crippen LogP contribution in [0.3, 0.4) is 0 Å². The molecule has 9 heteroatoms. The van der Waals surface area contributed by atoms with Gasteiger partial charge < -0.3 is 4.74 Å². The summed E-state index contributed by atoms with van der Waals surface area (Å²) in [5.41, 5.74) is 2.52. The van der Waals surface area contributed by atoms with E-state index in [1.165, 1.54) is 11.4 Å². The van der Waals surface area contributed by atoms with Gasteiger partial charge in [-0.3, -0.25) is 9.03 Å². The zero-order valence-electron chi connectivity index (χ0n) is 16.6. The highest BCUT2D eigenvalue weighted by molar-refractivity contribution is 7.92. The van der Waals surface area contributed by atoms with Gasteiger partial charge in [0, 0.05) is 12.2 Å². The van der Waals surface area contributed by atoms with Crippen LogP contribution in [-0.2, 0) is 32.2 Å². The summed E-state index contributed by atoms with van der Waals surface area (Å²) in [5.74, 6) is 0.513. The lowest BCUT2D eigenvalue weighted by Crippen LogP contribution is -2.37. The summed E-state index contributed by atoms with van der Waals surface area (Å²) >= 11 is 0. The van der Waals surface area contributed by atoms with Crippen LogP contribution >= 0.6 is 0 Å². The number of nitrogens with zero attached hydrogens (tertiary/aromatic N) is 1. The molecule has 0 aliphatic carbocycles. The number of fused-ring (bicyclic) bond motifs is 1. The Morgan fingerprint density at radius 1 is 1.10 bits per heavy atom. The van der Waals surface area contributed by atoms with Gasteiger partial charge in [0.1, 0.15) is 5.75 Å². The van der Waals surface area contributed by atoms with E-state index >= 15 is 0 Å². The molecule has 1 aliphatic heterocycles. The molecule has 29 heavy (non-hydrogen) atoms. The molecular formula is C20H26N2O5S2. The summed E-state index contributed by atoms with van der Waals surface area (Å²) in [5, 5.41) is 0. The minimum atomic E-state index is -3.63. The number of benzene rings is 2. The number of rotatable bonds is 8. The Kier molecular flexibility index (Phi) is 6.38. The molecule has 0 unspecified atom stereocenters. The van der Waals surface area contributed by atoms with E-state index in [2.05, 4.69) is 4.72 Å². The van der Waals surface area contributed by atoms with Crippen LogP contribution < -0.4 is 13.8 Å². The van der Waals surface area contributed by atoms with E-state index in [1.807, 2.05) is 6.92 Å². The summed E-state index contributed by atoms with van der Waals surface area (Å²) in [6, 6.07) is 11.9. The molecule has 1 aliphatic rings. The fourth-order valence-corrected chi connectivity index (χ4v) is 6.28. The van der Waals surface area contributed by atoms with E-state index in [0.29, 0.717) is 48.5 Å². The summed E-state index contributed by atoms with van der Waals surface area (Å²) in [7, 11) is -5.46. The van der Waals surface area contributed by atoms with E-state index in [4.69, 9.17) is 4.74 Å². The Balaban J connectivity index is 1.80. The van der Waals surface area contributed by atoms with Gasteiger partial charge in [-0.1, -0.05) is 19.1 Å². The summed E-state index contributed by atoms with van der Waals surface area (Å²) < 4.78 is 59.4. The zero-order valence-corrected chi connectivity index (χ0v) is 18.2. The molecule has 1 heterocycles. The third-order valence-electron chi connectivity index (χ3n) is 4.72. The molecule has 3 rings (SSSR count). The fraction of sp³-hybridized carbons (Fsp3) is 0.400. The standard InChI is InChI=1S/C20H26N2O5S2/c1-3-12-29(25,26)22-11-5-7-17-14-18(9-10-20(17)22)21-28(23,24)15-16-6-4-8-19(13-16)27-2/h4,6,8-10,13-14,21H,3,5,7,11-12,15H2,1-2H3. The largest absolute Gasteiger partial charge is 0.497 e. The van der Waals surface area contributed by atoms with Crippen molar-refractivity contribution in [3.8, 4) is 5.75 Å². The average molecular weight is 439 g/mol. The first-order valence-electron chi connectivity index (χ1n) is 9.51. The van der Waals surface area contributed by atoms with Crippen molar-refractivity contribution in [3.05, 3.63) is 53.6 Å². The molecule has 7 nitrogen and oxygen atoms in total. The quantitative estimate of drug-likeness (QED) is 0.684. The average Bonchev–Trinajstić information content (AvgIpc) is 2.66. The molecular weight excluding hydrogens is 412 g/mol. The van der Waals surface area contributed by atoms with Crippen LogP contribution in [0.1, 0.15) is 30.9 Å². The van der Waals surface area contributed by atoms with Crippen LogP contribution in [0.15, 0.2) is 42.5 Å². The Labute approximate surface area is 172 Å². The number of aryl methyl sites for hydroxylation is 1. The van der Waals surface area contributed by atoms with Gasteiger partial charge in [0.15, 0.2) is 0 Å². The molecule has 0 fully saturated rings. The molecule has 158 valence electrons. The fourth-order valence-electron chi connectivity index (χ4n) is 3.48. The van der Waals surface area contributed by atoms with Crippen molar-refractivity contribution in [1.29, 1.82) is 0 Å². The molecule has 0 aromatic heterocycles. The highest BCUT2D eigenvalue weighted by Gasteiger charge is 2.27. The normalized spacial score (nSPS) is 14.3. The maximum atomic E-state index is 12.6. The molecule has 0 atom stereocenters. The lowest BCUT2D eigenvalue weighted by Gasteiger charge is -2.30. The van der Waals surface area contributed by atoms with E-state index < -0.39 is 20.0 Å². The van der Waals surface area contributed by atoms with Gasteiger partial charge in [0.05, 0.1) is 24.3 Å². The van der Waals surface area contributed by atoms with Crippen LogP contribution in [0.5, 0.6) is 5.75 Å². The number of methoxy groups -OCH3 is 1. The van der Waals surface area contributed by atoms with Crippen LogP contribution in [0.2, 0.25) is 0 Å². The van der Waals surface area contributed by atoms with Crippen LogP contribution in [0.4, 0.5) is 11.4 Å². The van der Waals surface area contributed by atoms with Crippen molar-refractivity contribution < 1.29 is 21.6 Å². The van der Waals surface area contributed by atoms with E-state index in [1.54, 1.807) is 42.5 Å². The van der Waals surface area contributed by atoms with Crippen molar-refractivity contribution in [1.82, 2.24) is 0 Å². The maximum absolute atomic E-state index is 12.6. The summed E-state index contributed by atoms with van der Waals surface area (Å²) in [4.78, 5) is 0. The van der Waals surface area contributed by atoms with E-state index in [9.17, 15) is 16.8 Å². The first-order chi connectivity index (χ1) is 13.7. The molecule has 0 bridgehead atoms. The van der Waals surface area contributed by atoms with Gasteiger partial charge in [-0.15, -0.1) is 0 Å². The molecule has 2 aromatic rings. The van der Waals surface area contributed by atoms with Crippen molar-refractivity contribution in [2.24, 2.45) is 0 Å². The molecule has 0 spiro atoms. The number of anilines is 2. The van der Waals surface area contributed by atoms with Gasteiger partial charge >= 0.3 is 0 Å². The number of ether oxygens (including phenoxy) is 1. The van der Waals surface area contributed by atoms with Crippen molar-refractivity contribution >= 4 is 31.4 Å². The summed E-state index contributed by atoms with van der Waals surface area (Å²) in [6.07, 6.45) is 1.96. The smallest absolute Gasteiger partial charge is 0.236 e. The number of nitrogens with one attached hydrogen (secondary N) is 1. The SMILES string of the molecule is CCCS(=O)(=O)N1CCCc2cc(NS(=O)(=O)Cc3cccc(OC)c3)ccc21. The highest BCUT2D eigenvalue weighted by atomic mass is 32.2. The lowest BCUT2D eigenvalue weighted by atomic mass is 10.0. The van der Waals surface area contributed by atoms with Crippen LogP contribution in [0, 0.1) is 0 Å². The maximum Gasteiger partial charge on any atom is 0.236 e. The second-order valence-corrected chi connectivity index (χ2v) is 10.8. The number of sulfonamides is 2. The van der Waals surface area contributed by atoms with Gasteiger partial charge in [-0.2, -0.15) is 0 Å². The first-order valence-corrected chi connectivity index (χ1v) is 12.8. The van der Waals surface area contributed by atoms with Gasteiger partial charge in [0.2, 0.25) is 20.0 Å². The third kappa shape index (κ3) is 5.22. The Bertz CT molecular complexity index is 1080. The topological polar surface area (TPSA) is 92.8 Å². The van der Waals surface area contributed by atoms with Gasteiger partial charge in [0.25, 0.3) is 0 Å². The van der Waals surface area contributed by atoms with Crippen molar-refractivity contribution in [2.45, 2.75) is 31.9 Å². The minimum Gasteiger partial charge on any atom is -0.497 e. The van der Waals surface area contributed by atoms with Crippen molar-refractivity contribution in [3.63, 3.8) is 0 Å². The predicted octanol–water partition coefficient (Wildman–Crippen LogP) is 3.13. The minimum absolute atomic E-state index is 0.0986. The Hall–Kier alpha value is -2.26. The second-order valence-electron chi connectivity index (χ2n) is 7.05. The van der Waals surface area contributed by atoms with Crippen LogP contribution in [-0.4, -0.2) is 36.2 Å². The Morgan fingerprint density at radius 3 is 2.62 bits per heavy atom. The molecule has 0 amide bonds. The molecule has 0 saturated carbocycles. The monoisotopic (exact) mass is 438 g/mol. The molecule has 2 aromatic carbocycles. The molecule has 0 saturated heterocycles. The molecule has 0 radical (unpaired) electrons. The van der Waals surface area contributed by atoms with E-state index in [-0.39, 0.29) is 11.5 Å². The number of hydrogen-bond acceptors (Lipinski definition) is 5. The first kappa shape index (κ1) is 21.4. The highest BCUT2D eigenvalue weighted by Crippen LogP contribution is 2.32. The lowest BCUT2D eigenvalue weighted by molar-refractivity contribution is 0.414. The van der Waals surface area contributed by atoms with Gasteiger partial charge in [-0.05, 0) is 60.7 Å². The summed E-state index contributed by atoms with van der Waals surface area (Å²) in [6.45, 7) is 2.29.